The SMILES string of the molecule is Cc1cc(-c2ccc(C(CC(C)C)c3cccc(Br)c3)cc2)ccn1. The summed E-state index contributed by atoms with van der Waals surface area (Å²) in [4.78, 5) is 4.29. The highest BCUT2D eigenvalue weighted by atomic mass is 79.9. The fraction of sp³-hybridized carbons (Fsp3) is 0.261. The summed E-state index contributed by atoms with van der Waals surface area (Å²) in [6.07, 6.45) is 3.02. The number of benzene rings is 2. The lowest BCUT2D eigenvalue weighted by atomic mass is 9.84. The number of pyridine rings is 1. The van der Waals surface area contributed by atoms with E-state index in [1.54, 1.807) is 0 Å². The van der Waals surface area contributed by atoms with Crippen molar-refractivity contribution in [2.45, 2.75) is 33.1 Å². The molecule has 0 N–H and O–H groups in total. The first-order chi connectivity index (χ1) is 12.0. The van der Waals surface area contributed by atoms with Crippen molar-refractivity contribution < 1.29 is 0 Å². The van der Waals surface area contributed by atoms with Gasteiger partial charge in [-0.3, -0.25) is 4.98 Å². The smallest absolute Gasteiger partial charge is 0.0378 e. The average Bonchev–Trinajstić information content (AvgIpc) is 2.60. The van der Waals surface area contributed by atoms with E-state index in [-0.39, 0.29) is 0 Å². The molecule has 0 radical (unpaired) electrons. The van der Waals surface area contributed by atoms with Crippen LogP contribution in [0.5, 0.6) is 0 Å². The number of aromatic nitrogens is 1. The highest BCUT2D eigenvalue weighted by Gasteiger charge is 2.16. The highest BCUT2D eigenvalue weighted by molar-refractivity contribution is 9.10. The van der Waals surface area contributed by atoms with Crippen molar-refractivity contribution in [3.63, 3.8) is 0 Å². The first-order valence-electron chi connectivity index (χ1n) is 8.81. The highest BCUT2D eigenvalue weighted by Crippen LogP contribution is 2.33. The van der Waals surface area contributed by atoms with Crippen molar-refractivity contribution in [2.24, 2.45) is 5.92 Å². The zero-order valence-electron chi connectivity index (χ0n) is 15.0. The first kappa shape index (κ1) is 17.9. The van der Waals surface area contributed by atoms with Crippen LogP contribution in [-0.4, -0.2) is 4.98 Å². The second-order valence-electron chi connectivity index (χ2n) is 7.05. The van der Waals surface area contributed by atoms with Crippen LogP contribution in [0.2, 0.25) is 0 Å². The van der Waals surface area contributed by atoms with Crippen LogP contribution in [0.3, 0.4) is 0 Å². The van der Waals surface area contributed by atoms with Crippen molar-refractivity contribution in [3.05, 3.63) is 88.2 Å². The Hall–Kier alpha value is -1.93. The maximum absolute atomic E-state index is 4.29. The van der Waals surface area contributed by atoms with Gasteiger partial charge in [0.2, 0.25) is 0 Å². The van der Waals surface area contributed by atoms with E-state index in [1.807, 2.05) is 13.1 Å². The molecule has 1 nitrogen and oxygen atoms in total. The summed E-state index contributed by atoms with van der Waals surface area (Å²) < 4.78 is 1.14. The molecule has 128 valence electrons. The van der Waals surface area contributed by atoms with Gasteiger partial charge >= 0.3 is 0 Å². The van der Waals surface area contributed by atoms with Gasteiger partial charge in [-0.15, -0.1) is 0 Å². The third-order valence-corrected chi connectivity index (χ3v) is 4.99. The number of hydrogen-bond acceptors (Lipinski definition) is 1. The van der Waals surface area contributed by atoms with Crippen molar-refractivity contribution >= 4 is 15.9 Å². The van der Waals surface area contributed by atoms with Gasteiger partial charge in [0.25, 0.3) is 0 Å². The predicted molar refractivity (Wildman–Crippen MR) is 110 cm³/mol. The van der Waals surface area contributed by atoms with Gasteiger partial charge in [0.1, 0.15) is 0 Å². The molecule has 0 amide bonds. The first-order valence-corrected chi connectivity index (χ1v) is 9.60. The molecule has 0 aliphatic rings. The summed E-state index contributed by atoms with van der Waals surface area (Å²) in [6.45, 7) is 6.61. The molecule has 1 unspecified atom stereocenters. The van der Waals surface area contributed by atoms with E-state index in [0.717, 1.165) is 16.6 Å². The lowest BCUT2D eigenvalue weighted by Crippen LogP contribution is -2.05. The normalized spacial score (nSPS) is 12.4. The molecule has 25 heavy (non-hydrogen) atoms. The zero-order valence-corrected chi connectivity index (χ0v) is 16.6. The molecule has 0 aliphatic heterocycles. The van der Waals surface area contributed by atoms with Gasteiger partial charge in [-0.1, -0.05) is 66.2 Å². The van der Waals surface area contributed by atoms with Crippen molar-refractivity contribution in [1.29, 1.82) is 0 Å². The lowest BCUT2D eigenvalue weighted by molar-refractivity contribution is 0.541. The van der Waals surface area contributed by atoms with Crippen LogP contribution in [0, 0.1) is 12.8 Å². The molecule has 2 aromatic carbocycles. The number of aryl methyl sites for hydroxylation is 1. The van der Waals surface area contributed by atoms with Crippen molar-refractivity contribution in [2.75, 3.05) is 0 Å². The van der Waals surface area contributed by atoms with Crippen LogP contribution in [0.15, 0.2) is 71.3 Å². The summed E-state index contributed by atoms with van der Waals surface area (Å²) >= 11 is 3.61. The van der Waals surface area contributed by atoms with E-state index in [1.165, 1.54) is 22.3 Å². The average molecular weight is 394 g/mol. The summed E-state index contributed by atoms with van der Waals surface area (Å²) in [6, 6.07) is 21.9. The lowest BCUT2D eigenvalue weighted by Gasteiger charge is -2.21. The number of hydrogen-bond donors (Lipinski definition) is 0. The zero-order chi connectivity index (χ0) is 17.8. The molecule has 3 rings (SSSR count). The molecule has 0 spiro atoms. The molecule has 1 aromatic heterocycles. The Balaban J connectivity index is 1.94. The summed E-state index contributed by atoms with van der Waals surface area (Å²) in [7, 11) is 0. The summed E-state index contributed by atoms with van der Waals surface area (Å²) in [5.41, 5.74) is 6.26. The van der Waals surface area contributed by atoms with Gasteiger partial charge in [-0.25, -0.2) is 0 Å². The maximum atomic E-state index is 4.29. The van der Waals surface area contributed by atoms with E-state index in [4.69, 9.17) is 0 Å². The molecule has 0 saturated heterocycles. The quantitative estimate of drug-likeness (QED) is 0.454. The second-order valence-corrected chi connectivity index (χ2v) is 7.96. The Kier molecular flexibility index (Phi) is 5.70. The van der Waals surface area contributed by atoms with Gasteiger partial charge in [0.05, 0.1) is 0 Å². The van der Waals surface area contributed by atoms with E-state index >= 15 is 0 Å². The van der Waals surface area contributed by atoms with Crippen LogP contribution in [0.4, 0.5) is 0 Å². The standard InChI is InChI=1S/C23H24BrN/c1-16(2)13-23(21-5-4-6-22(24)15-21)19-9-7-18(8-10-19)20-11-12-25-17(3)14-20/h4-12,14-16,23H,13H2,1-3H3. The molecule has 3 aromatic rings. The molecule has 0 saturated carbocycles. The fourth-order valence-corrected chi connectivity index (χ4v) is 3.71. The predicted octanol–water partition coefficient (Wildman–Crippen LogP) is 7.00. The Morgan fingerprint density at radius 3 is 2.28 bits per heavy atom. The van der Waals surface area contributed by atoms with Gasteiger partial charge in [-0.2, -0.15) is 0 Å². The molecule has 0 aliphatic carbocycles. The molecular formula is C23H24BrN. The second kappa shape index (κ2) is 7.97. The summed E-state index contributed by atoms with van der Waals surface area (Å²) in [5.74, 6) is 1.07. The molecule has 2 heteroatoms. The van der Waals surface area contributed by atoms with Gasteiger partial charge in [-0.05, 0) is 65.8 Å². The largest absolute Gasteiger partial charge is 0.262 e. The van der Waals surface area contributed by atoms with Crippen LogP contribution < -0.4 is 0 Å². The number of rotatable bonds is 5. The monoisotopic (exact) mass is 393 g/mol. The summed E-state index contributed by atoms with van der Waals surface area (Å²) in [5, 5.41) is 0. The third-order valence-electron chi connectivity index (χ3n) is 4.50. The minimum Gasteiger partial charge on any atom is -0.262 e. The van der Waals surface area contributed by atoms with Gasteiger partial charge in [0.15, 0.2) is 0 Å². The maximum Gasteiger partial charge on any atom is 0.0378 e. The van der Waals surface area contributed by atoms with E-state index in [2.05, 4.69) is 95.4 Å². The Bertz CT molecular complexity index is 837. The minimum absolute atomic E-state index is 0.422. The Morgan fingerprint density at radius 2 is 1.64 bits per heavy atom. The topological polar surface area (TPSA) is 12.9 Å². The van der Waals surface area contributed by atoms with E-state index < -0.39 is 0 Å². The van der Waals surface area contributed by atoms with E-state index in [0.29, 0.717) is 11.8 Å². The number of nitrogens with zero attached hydrogens (tertiary/aromatic N) is 1. The fourth-order valence-electron chi connectivity index (χ4n) is 3.29. The van der Waals surface area contributed by atoms with E-state index in [9.17, 15) is 0 Å². The van der Waals surface area contributed by atoms with Crippen molar-refractivity contribution in [3.8, 4) is 11.1 Å². The Morgan fingerprint density at radius 1 is 0.880 bits per heavy atom. The molecule has 0 bridgehead atoms. The molecule has 1 heterocycles. The van der Waals surface area contributed by atoms with Crippen molar-refractivity contribution in [1.82, 2.24) is 4.98 Å². The van der Waals surface area contributed by atoms with Crippen LogP contribution in [-0.2, 0) is 0 Å². The molecule has 0 fully saturated rings. The van der Waals surface area contributed by atoms with Crippen LogP contribution >= 0.6 is 15.9 Å². The number of halogens is 1. The minimum atomic E-state index is 0.422. The van der Waals surface area contributed by atoms with Crippen LogP contribution in [0.1, 0.15) is 43.0 Å². The van der Waals surface area contributed by atoms with Crippen LogP contribution in [0.25, 0.3) is 11.1 Å². The molecule has 1 atom stereocenters. The Labute approximate surface area is 159 Å². The molecular weight excluding hydrogens is 370 g/mol. The third kappa shape index (κ3) is 4.58. The van der Waals surface area contributed by atoms with Gasteiger partial charge in [0, 0.05) is 22.3 Å². The van der Waals surface area contributed by atoms with Gasteiger partial charge < -0.3 is 0 Å².